The summed E-state index contributed by atoms with van der Waals surface area (Å²) in [6.45, 7) is 8.26. The maximum Gasteiger partial charge on any atom is 0.226 e. The van der Waals surface area contributed by atoms with Crippen LogP contribution in [0.2, 0.25) is 0 Å². The Morgan fingerprint density at radius 2 is 1.86 bits per heavy atom. The van der Waals surface area contributed by atoms with Crippen molar-refractivity contribution < 1.29 is 4.79 Å². The van der Waals surface area contributed by atoms with Crippen LogP contribution in [0.15, 0.2) is 18.2 Å². The van der Waals surface area contributed by atoms with Crippen molar-refractivity contribution in [3.8, 4) is 0 Å². The number of benzene rings is 1. The van der Waals surface area contributed by atoms with E-state index in [9.17, 15) is 4.79 Å². The third-order valence-electron chi connectivity index (χ3n) is 3.92. The van der Waals surface area contributed by atoms with Crippen LogP contribution >= 0.6 is 0 Å². The van der Waals surface area contributed by atoms with E-state index in [1.165, 1.54) is 29.5 Å². The van der Waals surface area contributed by atoms with E-state index in [2.05, 4.69) is 30.4 Å². The molecule has 0 saturated carbocycles. The summed E-state index contributed by atoms with van der Waals surface area (Å²) in [7, 11) is 3.64. The van der Waals surface area contributed by atoms with Crippen LogP contribution < -0.4 is 5.32 Å². The highest BCUT2D eigenvalue weighted by molar-refractivity contribution is 5.78. The van der Waals surface area contributed by atoms with Gasteiger partial charge in [-0.2, -0.15) is 0 Å². The molecule has 1 aromatic rings. The zero-order valence-electron chi connectivity index (χ0n) is 14.2. The summed E-state index contributed by atoms with van der Waals surface area (Å²) in [4.78, 5) is 13.6. The molecule has 1 heterocycles. The molecule has 3 nitrogen and oxygen atoms in total. The normalized spacial score (nSPS) is 15.1. The Kier molecular flexibility index (Phi) is 7.44. The van der Waals surface area contributed by atoms with Gasteiger partial charge in [-0.05, 0) is 49.9 Å². The Morgan fingerprint density at radius 3 is 2.43 bits per heavy atom. The van der Waals surface area contributed by atoms with Gasteiger partial charge in [0.15, 0.2) is 0 Å². The lowest BCUT2D eigenvalue weighted by Crippen LogP contribution is -2.28. The van der Waals surface area contributed by atoms with Gasteiger partial charge < -0.3 is 10.2 Å². The van der Waals surface area contributed by atoms with Crippen molar-refractivity contribution in [3.63, 3.8) is 0 Å². The van der Waals surface area contributed by atoms with Crippen molar-refractivity contribution in [1.82, 2.24) is 10.2 Å². The van der Waals surface area contributed by atoms with Crippen LogP contribution in [0.5, 0.6) is 0 Å². The topological polar surface area (TPSA) is 32.3 Å². The van der Waals surface area contributed by atoms with Crippen LogP contribution in [-0.4, -0.2) is 38.0 Å². The molecule has 0 radical (unpaired) electrons. The molecule has 1 N–H and O–H groups in total. The third kappa shape index (κ3) is 5.16. The lowest BCUT2D eigenvalue weighted by atomic mass is 9.85. The molecule has 0 atom stereocenters. The molecule has 0 unspecified atom stereocenters. The molecule has 21 heavy (non-hydrogen) atoms. The predicted octanol–water partition coefficient (Wildman–Crippen LogP) is 3.12. The van der Waals surface area contributed by atoms with Gasteiger partial charge in [-0.3, -0.25) is 4.79 Å². The van der Waals surface area contributed by atoms with Gasteiger partial charge in [0.1, 0.15) is 0 Å². The molecule has 118 valence electrons. The summed E-state index contributed by atoms with van der Waals surface area (Å²) in [5.74, 6) is 0.785. The highest BCUT2D eigenvalue weighted by Crippen LogP contribution is 2.29. The summed E-state index contributed by atoms with van der Waals surface area (Å²) < 4.78 is 0. The van der Waals surface area contributed by atoms with Crippen molar-refractivity contribution in [2.45, 2.75) is 46.0 Å². The monoisotopic (exact) mass is 290 g/mol. The highest BCUT2D eigenvalue weighted by Gasteiger charge is 2.19. The molecular weight excluding hydrogens is 260 g/mol. The minimum atomic E-state index is 0.181. The number of nitrogens with one attached hydrogen (secondary N) is 1. The number of carbonyl (C=O) groups excluding carboxylic acids is 1. The number of hydrogen-bond acceptors (Lipinski definition) is 2. The van der Waals surface area contributed by atoms with Gasteiger partial charge in [0.25, 0.3) is 0 Å². The molecule has 1 aliphatic rings. The summed E-state index contributed by atoms with van der Waals surface area (Å²) in [5.41, 5.74) is 3.83. The second-order valence-electron chi connectivity index (χ2n) is 5.69. The number of nitrogens with zero attached hydrogens (tertiary/aromatic N) is 1. The summed E-state index contributed by atoms with van der Waals surface area (Å²) >= 11 is 0. The molecule has 1 aliphatic heterocycles. The van der Waals surface area contributed by atoms with Crippen molar-refractivity contribution in [1.29, 1.82) is 0 Å². The summed E-state index contributed by atoms with van der Waals surface area (Å²) in [6.07, 6.45) is 2.87. The Bertz CT molecular complexity index is 449. The second-order valence-corrected chi connectivity index (χ2v) is 5.69. The molecule has 0 aliphatic carbocycles. The Balaban J connectivity index is 0.00000106. The molecule has 1 amide bonds. The number of amides is 1. The maximum absolute atomic E-state index is 12.0. The van der Waals surface area contributed by atoms with E-state index in [0.717, 1.165) is 13.1 Å². The van der Waals surface area contributed by atoms with E-state index < -0.39 is 0 Å². The summed E-state index contributed by atoms with van der Waals surface area (Å²) in [6, 6.07) is 6.57. The van der Waals surface area contributed by atoms with Gasteiger partial charge in [0, 0.05) is 14.1 Å². The third-order valence-corrected chi connectivity index (χ3v) is 3.92. The molecule has 1 fully saturated rings. The van der Waals surface area contributed by atoms with E-state index >= 15 is 0 Å². The molecule has 1 saturated heterocycles. The predicted molar refractivity (Wildman–Crippen MR) is 89.8 cm³/mol. The van der Waals surface area contributed by atoms with Crippen LogP contribution in [-0.2, 0) is 11.2 Å². The van der Waals surface area contributed by atoms with E-state index in [1.807, 2.05) is 27.9 Å². The van der Waals surface area contributed by atoms with E-state index in [4.69, 9.17) is 0 Å². The fourth-order valence-electron chi connectivity index (χ4n) is 2.74. The fourth-order valence-corrected chi connectivity index (χ4v) is 2.74. The zero-order valence-corrected chi connectivity index (χ0v) is 14.2. The lowest BCUT2D eigenvalue weighted by molar-refractivity contribution is -0.127. The second kappa shape index (κ2) is 8.83. The Labute approximate surface area is 129 Å². The molecular formula is C18H30N2O. The first-order valence-corrected chi connectivity index (χ1v) is 8.08. The van der Waals surface area contributed by atoms with E-state index in [-0.39, 0.29) is 5.91 Å². The van der Waals surface area contributed by atoms with Crippen molar-refractivity contribution in [3.05, 3.63) is 34.9 Å². The fraction of sp³-hybridized carbons (Fsp3) is 0.611. The molecule has 0 aromatic heterocycles. The van der Waals surface area contributed by atoms with Crippen LogP contribution in [0, 0.1) is 6.92 Å². The first-order chi connectivity index (χ1) is 10.1. The molecule has 0 bridgehead atoms. The molecule has 2 rings (SSSR count). The highest BCUT2D eigenvalue weighted by atomic mass is 16.2. The number of aryl methyl sites for hydroxylation is 1. The smallest absolute Gasteiger partial charge is 0.226 e. The maximum atomic E-state index is 12.0. The molecule has 3 heteroatoms. The Morgan fingerprint density at radius 1 is 1.24 bits per heavy atom. The zero-order chi connectivity index (χ0) is 15.8. The number of carbonyl (C=O) groups is 1. The average molecular weight is 290 g/mol. The standard InChI is InChI=1S/C16H24N2O.C2H6/c1-12-4-5-15(13-6-8-17-9-7-13)14(10-12)11-16(19)18(2)3;1-2/h4-5,10,13,17H,6-9,11H2,1-3H3;1-2H3. The minimum Gasteiger partial charge on any atom is -0.349 e. The minimum absolute atomic E-state index is 0.181. The van der Waals surface area contributed by atoms with Crippen molar-refractivity contribution in [2.24, 2.45) is 0 Å². The van der Waals surface area contributed by atoms with E-state index in [1.54, 1.807) is 4.90 Å². The number of likely N-dealkylation sites (N-methyl/N-ethyl adjacent to an activating group) is 1. The first kappa shape index (κ1) is 17.7. The lowest BCUT2D eigenvalue weighted by Gasteiger charge is -2.25. The van der Waals surface area contributed by atoms with Crippen LogP contribution in [0.3, 0.4) is 0 Å². The van der Waals surface area contributed by atoms with E-state index in [0.29, 0.717) is 12.3 Å². The summed E-state index contributed by atoms with van der Waals surface area (Å²) in [5, 5.41) is 3.40. The van der Waals surface area contributed by atoms with Crippen LogP contribution in [0.1, 0.15) is 49.3 Å². The Hall–Kier alpha value is -1.35. The average Bonchev–Trinajstić information content (AvgIpc) is 2.50. The van der Waals surface area contributed by atoms with Gasteiger partial charge in [-0.25, -0.2) is 0 Å². The van der Waals surface area contributed by atoms with Gasteiger partial charge in [-0.1, -0.05) is 37.6 Å². The first-order valence-electron chi connectivity index (χ1n) is 8.08. The number of hydrogen-bond donors (Lipinski definition) is 1. The van der Waals surface area contributed by atoms with Crippen molar-refractivity contribution in [2.75, 3.05) is 27.2 Å². The van der Waals surface area contributed by atoms with Gasteiger partial charge in [-0.15, -0.1) is 0 Å². The van der Waals surface area contributed by atoms with Gasteiger partial charge in [0.05, 0.1) is 6.42 Å². The van der Waals surface area contributed by atoms with Crippen LogP contribution in [0.25, 0.3) is 0 Å². The molecule has 1 aromatic carbocycles. The molecule has 0 spiro atoms. The number of rotatable bonds is 3. The van der Waals surface area contributed by atoms with Crippen LogP contribution in [0.4, 0.5) is 0 Å². The quantitative estimate of drug-likeness (QED) is 0.927. The van der Waals surface area contributed by atoms with Gasteiger partial charge >= 0.3 is 0 Å². The van der Waals surface area contributed by atoms with Crippen molar-refractivity contribution >= 4 is 5.91 Å². The largest absolute Gasteiger partial charge is 0.349 e. The van der Waals surface area contributed by atoms with Gasteiger partial charge in [0.2, 0.25) is 5.91 Å². The number of piperidine rings is 1. The SMILES string of the molecule is CC.Cc1ccc(C2CCNCC2)c(CC(=O)N(C)C)c1.